The molecule has 0 saturated heterocycles. The van der Waals surface area contributed by atoms with Crippen LogP contribution in [0.3, 0.4) is 0 Å². The molecule has 6 nitrogen and oxygen atoms in total. The number of urea groups is 1. The number of hydrogen-bond donors (Lipinski definition) is 3. The Bertz CT molecular complexity index is 738. The molecule has 0 aliphatic rings. The highest BCUT2D eigenvalue weighted by atomic mass is 16.4. The summed E-state index contributed by atoms with van der Waals surface area (Å²) in [5.41, 5.74) is 1.68. The summed E-state index contributed by atoms with van der Waals surface area (Å²) >= 11 is 0. The zero-order valence-electron chi connectivity index (χ0n) is 12.2. The Morgan fingerprint density at radius 1 is 1.13 bits per heavy atom. The van der Waals surface area contributed by atoms with Gasteiger partial charge in [-0.1, -0.05) is 30.3 Å². The van der Waals surface area contributed by atoms with Gasteiger partial charge in [0.1, 0.15) is 6.04 Å². The van der Waals surface area contributed by atoms with E-state index in [1.807, 2.05) is 12.1 Å². The van der Waals surface area contributed by atoms with E-state index in [0.717, 1.165) is 0 Å². The predicted molar refractivity (Wildman–Crippen MR) is 84.9 cm³/mol. The maximum absolute atomic E-state index is 11.9. The summed E-state index contributed by atoms with van der Waals surface area (Å²) in [6.07, 6.45) is 0.0903. The Morgan fingerprint density at radius 3 is 2.52 bits per heavy atom. The Balaban J connectivity index is 2.02. The first-order valence-electron chi connectivity index (χ1n) is 6.93. The fraction of sp³-hybridized carbons (Fsp3) is 0.118. The lowest BCUT2D eigenvalue weighted by Crippen LogP contribution is -2.44. The maximum Gasteiger partial charge on any atom is 0.326 e. The zero-order chi connectivity index (χ0) is 16.7. The topological polar surface area (TPSA) is 102 Å². The van der Waals surface area contributed by atoms with Crippen molar-refractivity contribution in [2.24, 2.45) is 0 Å². The van der Waals surface area contributed by atoms with Crippen molar-refractivity contribution in [3.05, 3.63) is 65.7 Å². The molecule has 116 valence electrons. The number of para-hydroxylation sites is 1. The van der Waals surface area contributed by atoms with Crippen molar-refractivity contribution >= 4 is 17.7 Å². The number of carbonyl (C=O) groups is 2. The van der Waals surface area contributed by atoms with Gasteiger partial charge in [-0.2, -0.15) is 5.26 Å². The zero-order valence-corrected chi connectivity index (χ0v) is 12.2. The van der Waals surface area contributed by atoms with Crippen molar-refractivity contribution in [2.45, 2.75) is 12.5 Å². The van der Waals surface area contributed by atoms with Gasteiger partial charge in [-0.05, 0) is 29.8 Å². The Kier molecular flexibility index (Phi) is 5.31. The molecular formula is C17H15N3O3. The van der Waals surface area contributed by atoms with E-state index in [4.69, 9.17) is 5.26 Å². The normalized spacial score (nSPS) is 11.1. The SMILES string of the molecule is N#Cc1cccc(CC(NC(=O)Nc2ccccc2)C(=O)O)c1. The highest BCUT2D eigenvalue weighted by Gasteiger charge is 2.20. The molecule has 0 radical (unpaired) electrons. The predicted octanol–water partition coefficient (Wildman–Crippen LogP) is 2.38. The second kappa shape index (κ2) is 7.61. The van der Waals surface area contributed by atoms with E-state index in [0.29, 0.717) is 16.8 Å². The number of nitrogens with one attached hydrogen (secondary N) is 2. The quantitative estimate of drug-likeness (QED) is 0.789. The summed E-state index contributed by atoms with van der Waals surface area (Å²) in [7, 11) is 0. The average molecular weight is 309 g/mol. The molecule has 2 rings (SSSR count). The van der Waals surface area contributed by atoms with Crippen LogP contribution in [0.5, 0.6) is 0 Å². The van der Waals surface area contributed by atoms with Gasteiger partial charge >= 0.3 is 12.0 Å². The fourth-order valence-corrected chi connectivity index (χ4v) is 2.05. The lowest BCUT2D eigenvalue weighted by atomic mass is 10.0. The second-order valence-corrected chi connectivity index (χ2v) is 4.87. The molecule has 6 heteroatoms. The molecule has 0 aromatic heterocycles. The molecule has 0 aliphatic heterocycles. The van der Waals surface area contributed by atoms with E-state index in [9.17, 15) is 14.7 Å². The first kappa shape index (κ1) is 16.0. The van der Waals surface area contributed by atoms with Crippen LogP contribution >= 0.6 is 0 Å². The molecule has 0 saturated carbocycles. The van der Waals surface area contributed by atoms with E-state index < -0.39 is 18.0 Å². The van der Waals surface area contributed by atoms with Crippen molar-refractivity contribution in [3.8, 4) is 6.07 Å². The van der Waals surface area contributed by atoms with Crippen LogP contribution < -0.4 is 10.6 Å². The summed E-state index contributed by atoms with van der Waals surface area (Å²) in [4.78, 5) is 23.2. The van der Waals surface area contributed by atoms with E-state index in [2.05, 4.69) is 10.6 Å². The fourth-order valence-electron chi connectivity index (χ4n) is 2.05. The van der Waals surface area contributed by atoms with Crippen LogP contribution in [0, 0.1) is 11.3 Å². The van der Waals surface area contributed by atoms with Gasteiger partial charge in [0.25, 0.3) is 0 Å². The number of nitriles is 1. The van der Waals surface area contributed by atoms with Crippen molar-refractivity contribution in [1.82, 2.24) is 5.32 Å². The van der Waals surface area contributed by atoms with Gasteiger partial charge in [0.15, 0.2) is 0 Å². The Morgan fingerprint density at radius 2 is 1.87 bits per heavy atom. The molecule has 2 aromatic rings. The number of carbonyl (C=O) groups excluding carboxylic acids is 1. The van der Waals surface area contributed by atoms with Crippen LogP contribution in [0.1, 0.15) is 11.1 Å². The highest BCUT2D eigenvalue weighted by molar-refractivity contribution is 5.92. The lowest BCUT2D eigenvalue weighted by Gasteiger charge is -2.15. The average Bonchev–Trinajstić information content (AvgIpc) is 2.55. The van der Waals surface area contributed by atoms with Gasteiger partial charge in [-0.3, -0.25) is 0 Å². The summed E-state index contributed by atoms with van der Waals surface area (Å²) in [6.45, 7) is 0. The number of rotatable bonds is 5. The van der Waals surface area contributed by atoms with Crippen LogP contribution in [0.25, 0.3) is 0 Å². The number of amides is 2. The molecule has 2 aromatic carbocycles. The largest absolute Gasteiger partial charge is 0.480 e. The Hall–Kier alpha value is -3.33. The lowest BCUT2D eigenvalue weighted by molar-refractivity contribution is -0.139. The number of carboxylic acids is 1. The first-order chi connectivity index (χ1) is 11.1. The molecule has 1 unspecified atom stereocenters. The smallest absolute Gasteiger partial charge is 0.326 e. The first-order valence-corrected chi connectivity index (χ1v) is 6.93. The van der Waals surface area contributed by atoms with Crippen LogP contribution in [0.4, 0.5) is 10.5 Å². The van der Waals surface area contributed by atoms with Gasteiger partial charge in [-0.15, -0.1) is 0 Å². The highest BCUT2D eigenvalue weighted by Crippen LogP contribution is 2.08. The summed E-state index contributed by atoms with van der Waals surface area (Å²) in [6, 6.07) is 15.7. The van der Waals surface area contributed by atoms with Gasteiger partial charge in [-0.25, -0.2) is 9.59 Å². The van der Waals surface area contributed by atoms with E-state index in [1.165, 1.54) is 0 Å². The van der Waals surface area contributed by atoms with Crippen LogP contribution in [0.15, 0.2) is 54.6 Å². The number of carboxylic acid groups (broad SMARTS) is 1. The number of benzene rings is 2. The van der Waals surface area contributed by atoms with E-state index >= 15 is 0 Å². The number of anilines is 1. The van der Waals surface area contributed by atoms with Crippen molar-refractivity contribution in [1.29, 1.82) is 5.26 Å². The third-order valence-electron chi connectivity index (χ3n) is 3.13. The van der Waals surface area contributed by atoms with Crippen molar-refractivity contribution < 1.29 is 14.7 Å². The summed E-state index contributed by atoms with van der Waals surface area (Å²) < 4.78 is 0. The second-order valence-electron chi connectivity index (χ2n) is 4.87. The number of aliphatic carboxylic acids is 1. The monoisotopic (exact) mass is 309 g/mol. The third-order valence-corrected chi connectivity index (χ3v) is 3.13. The maximum atomic E-state index is 11.9. The molecule has 3 N–H and O–H groups in total. The molecular weight excluding hydrogens is 294 g/mol. The molecule has 0 spiro atoms. The minimum absolute atomic E-state index is 0.0903. The van der Waals surface area contributed by atoms with Gasteiger partial charge in [0.2, 0.25) is 0 Å². The Labute approximate surface area is 133 Å². The summed E-state index contributed by atoms with van der Waals surface area (Å²) in [5, 5.41) is 23.1. The molecule has 0 heterocycles. The molecule has 2 amide bonds. The van der Waals surface area contributed by atoms with Gasteiger partial charge in [0, 0.05) is 12.1 Å². The molecule has 0 fully saturated rings. The minimum atomic E-state index is -1.14. The molecule has 0 aliphatic carbocycles. The molecule has 0 bridgehead atoms. The molecule has 23 heavy (non-hydrogen) atoms. The van der Waals surface area contributed by atoms with Gasteiger partial charge < -0.3 is 15.7 Å². The number of nitrogens with zero attached hydrogens (tertiary/aromatic N) is 1. The van der Waals surface area contributed by atoms with Crippen LogP contribution in [-0.2, 0) is 11.2 Å². The molecule has 1 atom stereocenters. The minimum Gasteiger partial charge on any atom is -0.480 e. The standard InChI is InChI=1S/C17H15N3O3/c18-11-13-6-4-5-12(9-13)10-15(16(21)22)20-17(23)19-14-7-2-1-3-8-14/h1-9,15H,10H2,(H,21,22)(H2,19,20,23). The van der Waals surface area contributed by atoms with Crippen LogP contribution in [0.2, 0.25) is 0 Å². The van der Waals surface area contributed by atoms with Crippen molar-refractivity contribution in [3.63, 3.8) is 0 Å². The third kappa shape index (κ3) is 4.86. The van der Waals surface area contributed by atoms with E-state index in [1.54, 1.807) is 48.5 Å². The number of hydrogen-bond acceptors (Lipinski definition) is 3. The van der Waals surface area contributed by atoms with Gasteiger partial charge in [0.05, 0.1) is 11.6 Å². The van der Waals surface area contributed by atoms with Crippen molar-refractivity contribution in [2.75, 3.05) is 5.32 Å². The van der Waals surface area contributed by atoms with E-state index in [-0.39, 0.29) is 6.42 Å². The summed E-state index contributed by atoms with van der Waals surface area (Å²) in [5.74, 6) is -1.14. The van der Waals surface area contributed by atoms with Crippen LogP contribution in [-0.4, -0.2) is 23.1 Å².